The van der Waals surface area contributed by atoms with Gasteiger partial charge in [-0.15, -0.1) is 0 Å². The number of amides is 1. The molecule has 1 N–H and O–H groups in total. The van der Waals surface area contributed by atoms with Gasteiger partial charge >= 0.3 is 11.9 Å². The Hall–Kier alpha value is -3.15. The Morgan fingerprint density at radius 2 is 1.65 bits per heavy atom. The van der Waals surface area contributed by atoms with E-state index in [1.807, 2.05) is 31.2 Å². The van der Waals surface area contributed by atoms with Crippen LogP contribution in [0.1, 0.15) is 28.4 Å². The Balaban J connectivity index is 1.80. The van der Waals surface area contributed by atoms with Crippen molar-refractivity contribution in [3.63, 3.8) is 0 Å². The van der Waals surface area contributed by atoms with Crippen LogP contribution in [0.2, 0.25) is 0 Å². The maximum Gasteiger partial charge on any atom is 0.338 e. The summed E-state index contributed by atoms with van der Waals surface area (Å²) in [4.78, 5) is 35.3. The lowest BCUT2D eigenvalue weighted by atomic mass is 10.1. The highest BCUT2D eigenvalue weighted by molar-refractivity contribution is 5.94. The lowest BCUT2D eigenvalue weighted by molar-refractivity contribution is -0.146. The molecule has 6 nitrogen and oxygen atoms in total. The number of nitrogens with one attached hydrogen (secondary N) is 1. The van der Waals surface area contributed by atoms with Gasteiger partial charge in [-0.1, -0.05) is 24.3 Å². The molecule has 0 saturated carbocycles. The lowest BCUT2D eigenvalue weighted by Crippen LogP contribution is -2.21. The van der Waals surface area contributed by atoms with Crippen molar-refractivity contribution in [2.24, 2.45) is 0 Å². The standard InChI is InChI=1S/C20H21NO5/c1-3-25-20(24)15-8-10-17(11-9-15)21-18(22)13-26-19(23)12-16-7-5-4-6-14(16)2/h4-11H,3,12-13H2,1-2H3,(H,21,22). The van der Waals surface area contributed by atoms with Crippen molar-refractivity contribution >= 4 is 23.5 Å². The van der Waals surface area contributed by atoms with Gasteiger partial charge in [0.25, 0.3) is 5.91 Å². The maximum atomic E-state index is 11.9. The van der Waals surface area contributed by atoms with Gasteiger partial charge in [0, 0.05) is 5.69 Å². The molecular formula is C20H21NO5. The monoisotopic (exact) mass is 355 g/mol. The number of carbonyl (C=O) groups is 3. The van der Waals surface area contributed by atoms with E-state index < -0.39 is 17.8 Å². The third-order valence-electron chi connectivity index (χ3n) is 3.64. The highest BCUT2D eigenvalue weighted by Crippen LogP contribution is 2.11. The summed E-state index contributed by atoms with van der Waals surface area (Å²) in [7, 11) is 0. The molecule has 0 atom stereocenters. The average Bonchev–Trinajstić information content (AvgIpc) is 2.63. The van der Waals surface area contributed by atoms with Crippen LogP contribution in [0.15, 0.2) is 48.5 Å². The summed E-state index contributed by atoms with van der Waals surface area (Å²) in [6, 6.07) is 13.8. The minimum atomic E-state index is -0.466. The van der Waals surface area contributed by atoms with Crippen molar-refractivity contribution in [3.8, 4) is 0 Å². The van der Waals surface area contributed by atoms with Crippen molar-refractivity contribution in [2.45, 2.75) is 20.3 Å². The first-order valence-electron chi connectivity index (χ1n) is 8.26. The number of hydrogen-bond donors (Lipinski definition) is 1. The second-order valence-electron chi connectivity index (χ2n) is 5.61. The van der Waals surface area contributed by atoms with Gasteiger partial charge in [0.2, 0.25) is 0 Å². The van der Waals surface area contributed by atoms with E-state index in [9.17, 15) is 14.4 Å². The van der Waals surface area contributed by atoms with Crippen LogP contribution >= 0.6 is 0 Å². The summed E-state index contributed by atoms with van der Waals surface area (Å²) in [5.74, 6) is -1.34. The van der Waals surface area contributed by atoms with E-state index in [1.165, 1.54) is 0 Å². The normalized spacial score (nSPS) is 10.1. The zero-order valence-corrected chi connectivity index (χ0v) is 14.8. The molecule has 0 aliphatic rings. The molecule has 0 heterocycles. The second-order valence-corrected chi connectivity index (χ2v) is 5.61. The predicted octanol–water partition coefficient (Wildman–Crippen LogP) is 2.90. The van der Waals surface area contributed by atoms with Crippen LogP contribution in [-0.4, -0.2) is 31.1 Å². The molecule has 0 unspecified atom stereocenters. The summed E-state index contributed by atoms with van der Waals surface area (Å²) in [5, 5.41) is 2.60. The molecule has 0 aliphatic heterocycles. The van der Waals surface area contributed by atoms with Crippen LogP contribution in [0.3, 0.4) is 0 Å². The molecule has 0 saturated heterocycles. The zero-order valence-electron chi connectivity index (χ0n) is 14.8. The van der Waals surface area contributed by atoms with E-state index in [2.05, 4.69) is 5.32 Å². The molecule has 0 spiro atoms. The van der Waals surface area contributed by atoms with Crippen molar-refractivity contribution in [1.29, 1.82) is 0 Å². The van der Waals surface area contributed by atoms with Crippen LogP contribution in [-0.2, 0) is 25.5 Å². The van der Waals surface area contributed by atoms with Crippen molar-refractivity contribution < 1.29 is 23.9 Å². The summed E-state index contributed by atoms with van der Waals surface area (Å²) in [5.41, 5.74) is 2.76. The van der Waals surface area contributed by atoms with Gasteiger partial charge in [-0.2, -0.15) is 0 Å². The Bertz CT molecular complexity index is 783. The fraction of sp³-hybridized carbons (Fsp3) is 0.250. The topological polar surface area (TPSA) is 81.7 Å². The first-order chi connectivity index (χ1) is 12.5. The number of rotatable bonds is 7. The minimum Gasteiger partial charge on any atom is -0.462 e. The molecule has 0 bridgehead atoms. The van der Waals surface area contributed by atoms with Gasteiger partial charge < -0.3 is 14.8 Å². The predicted molar refractivity (Wildman–Crippen MR) is 96.9 cm³/mol. The number of hydrogen-bond acceptors (Lipinski definition) is 5. The van der Waals surface area contributed by atoms with Gasteiger partial charge in [-0.3, -0.25) is 9.59 Å². The molecular weight excluding hydrogens is 334 g/mol. The lowest BCUT2D eigenvalue weighted by Gasteiger charge is -2.08. The summed E-state index contributed by atoms with van der Waals surface area (Å²) >= 11 is 0. The van der Waals surface area contributed by atoms with Crippen molar-refractivity contribution in [2.75, 3.05) is 18.5 Å². The smallest absolute Gasteiger partial charge is 0.338 e. The molecule has 6 heteroatoms. The van der Waals surface area contributed by atoms with Gasteiger partial charge in [-0.05, 0) is 49.2 Å². The molecule has 2 aromatic rings. The SMILES string of the molecule is CCOC(=O)c1ccc(NC(=O)COC(=O)Cc2ccccc2C)cc1. The molecule has 1 amide bonds. The third-order valence-corrected chi connectivity index (χ3v) is 3.64. The summed E-state index contributed by atoms with van der Waals surface area (Å²) in [6.07, 6.45) is 0.119. The van der Waals surface area contributed by atoms with Gasteiger partial charge in [0.05, 0.1) is 18.6 Å². The fourth-order valence-corrected chi connectivity index (χ4v) is 2.26. The van der Waals surface area contributed by atoms with E-state index in [0.717, 1.165) is 11.1 Å². The van der Waals surface area contributed by atoms with Crippen LogP contribution in [0.5, 0.6) is 0 Å². The van der Waals surface area contributed by atoms with E-state index in [1.54, 1.807) is 31.2 Å². The number of esters is 2. The van der Waals surface area contributed by atoms with Gasteiger partial charge in [-0.25, -0.2) is 4.79 Å². The molecule has 2 aromatic carbocycles. The van der Waals surface area contributed by atoms with Crippen LogP contribution in [0, 0.1) is 6.92 Å². The number of ether oxygens (including phenoxy) is 2. The Labute approximate surface area is 152 Å². The van der Waals surface area contributed by atoms with Crippen LogP contribution in [0.25, 0.3) is 0 Å². The van der Waals surface area contributed by atoms with Gasteiger partial charge in [0.15, 0.2) is 6.61 Å². The maximum absolute atomic E-state index is 11.9. The van der Waals surface area contributed by atoms with Gasteiger partial charge in [0.1, 0.15) is 0 Å². The molecule has 0 aromatic heterocycles. The molecule has 26 heavy (non-hydrogen) atoms. The zero-order chi connectivity index (χ0) is 18.9. The molecule has 0 aliphatic carbocycles. The summed E-state index contributed by atoms with van der Waals surface area (Å²) < 4.78 is 9.89. The third kappa shape index (κ3) is 5.73. The van der Waals surface area contributed by atoms with Crippen molar-refractivity contribution in [1.82, 2.24) is 0 Å². The number of anilines is 1. The van der Waals surface area contributed by atoms with Crippen LogP contribution in [0.4, 0.5) is 5.69 Å². The Morgan fingerprint density at radius 3 is 2.31 bits per heavy atom. The number of aryl methyl sites for hydroxylation is 1. The van der Waals surface area contributed by atoms with E-state index in [-0.39, 0.29) is 13.0 Å². The largest absolute Gasteiger partial charge is 0.462 e. The number of carbonyl (C=O) groups excluding carboxylic acids is 3. The van der Waals surface area contributed by atoms with Crippen molar-refractivity contribution in [3.05, 3.63) is 65.2 Å². The van der Waals surface area contributed by atoms with Crippen LogP contribution < -0.4 is 5.32 Å². The Morgan fingerprint density at radius 1 is 0.962 bits per heavy atom. The average molecular weight is 355 g/mol. The first-order valence-corrected chi connectivity index (χ1v) is 8.26. The molecule has 0 fully saturated rings. The van der Waals surface area contributed by atoms with E-state index >= 15 is 0 Å². The minimum absolute atomic E-state index is 0.119. The highest BCUT2D eigenvalue weighted by Gasteiger charge is 2.11. The number of benzene rings is 2. The first kappa shape index (κ1) is 19.2. The second kappa shape index (κ2) is 9.36. The van der Waals surface area contributed by atoms with E-state index in [0.29, 0.717) is 17.9 Å². The molecule has 0 radical (unpaired) electrons. The fourth-order valence-electron chi connectivity index (χ4n) is 2.26. The molecule has 136 valence electrons. The highest BCUT2D eigenvalue weighted by atomic mass is 16.5. The summed E-state index contributed by atoms with van der Waals surface area (Å²) in [6.45, 7) is 3.57. The molecule has 2 rings (SSSR count). The quantitative estimate of drug-likeness (QED) is 0.772. The Kier molecular flexibility index (Phi) is 6.91. The van der Waals surface area contributed by atoms with E-state index in [4.69, 9.17) is 9.47 Å².